The van der Waals surface area contributed by atoms with Gasteiger partial charge in [0.05, 0.1) is 24.9 Å². The first-order valence-corrected chi connectivity index (χ1v) is 13.9. The molecular weight excluding hydrogens is 542 g/mol. The van der Waals surface area contributed by atoms with E-state index in [0.717, 1.165) is 49.4 Å². The van der Waals surface area contributed by atoms with Gasteiger partial charge in [0.1, 0.15) is 29.2 Å². The molecule has 2 fully saturated rings. The third kappa shape index (κ3) is 4.19. The van der Waals surface area contributed by atoms with Crippen molar-refractivity contribution >= 4 is 11.8 Å². The van der Waals surface area contributed by atoms with Gasteiger partial charge in [-0.05, 0) is 31.2 Å². The molecule has 3 aromatic heterocycles. The number of carbonyl (C=O) groups is 1. The first kappa shape index (κ1) is 26.4. The zero-order chi connectivity index (χ0) is 29.4. The Morgan fingerprint density at radius 2 is 1.81 bits per heavy atom. The fourth-order valence-electron chi connectivity index (χ4n) is 5.83. The molecule has 2 saturated carbocycles. The van der Waals surface area contributed by atoms with E-state index in [0.29, 0.717) is 40.4 Å². The number of halogens is 2. The van der Waals surface area contributed by atoms with Gasteiger partial charge in [0.15, 0.2) is 5.82 Å². The van der Waals surface area contributed by atoms with E-state index in [1.807, 2.05) is 37.5 Å². The fraction of sp³-hybridized carbons (Fsp3) is 0.400. The highest BCUT2D eigenvalue weighted by Crippen LogP contribution is 2.56. The minimum absolute atomic E-state index is 0.147. The van der Waals surface area contributed by atoms with Crippen LogP contribution < -0.4 is 9.64 Å². The molecule has 0 bridgehead atoms. The van der Waals surface area contributed by atoms with Crippen molar-refractivity contribution in [2.24, 2.45) is 7.05 Å². The number of urea groups is 1. The lowest BCUT2D eigenvalue weighted by Crippen LogP contribution is -2.51. The van der Waals surface area contributed by atoms with Crippen LogP contribution in [0.2, 0.25) is 0 Å². The molecule has 7 rings (SSSR count). The number of aromatic nitrogens is 6. The second kappa shape index (κ2) is 9.27. The molecule has 216 valence electrons. The third-order valence-electron chi connectivity index (χ3n) is 8.51. The summed E-state index contributed by atoms with van der Waals surface area (Å²) >= 11 is 0. The summed E-state index contributed by atoms with van der Waals surface area (Å²) in [5, 5.41) is 0. The molecule has 0 N–H and O–H groups in total. The van der Waals surface area contributed by atoms with Crippen LogP contribution in [-0.4, -0.2) is 54.6 Å². The number of hydrogen-bond donors (Lipinski definition) is 0. The summed E-state index contributed by atoms with van der Waals surface area (Å²) in [7, 11) is 5.08. The molecule has 1 aromatic carbocycles. The van der Waals surface area contributed by atoms with Crippen LogP contribution in [0.4, 0.5) is 19.4 Å². The number of ether oxygens (including phenoxy) is 1. The van der Waals surface area contributed by atoms with Crippen LogP contribution in [-0.2, 0) is 25.1 Å². The minimum atomic E-state index is -3.03. The number of methoxy groups -OCH3 is 1. The van der Waals surface area contributed by atoms with E-state index in [1.165, 1.54) is 12.5 Å². The Bertz CT molecular complexity index is 1710. The lowest BCUT2D eigenvalue weighted by molar-refractivity contribution is 0.0131. The predicted molar refractivity (Wildman–Crippen MR) is 150 cm³/mol. The maximum Gasteiger partial charge on any atom is 0.326 e. The molecular formula is C30H30F2N8O2. The molecule has 3 aliphatic rings. The topological polar surface area (TPSA) is 102 Å². The van der Waals surface area contributed by atoms with Crippen LogP contribution in [0.25, 0.3) is 22.8 Å². The maximum atomic E-state index is 13.8. The number of fused-ring (bicyclic) bond motifs is 2. The van der Waals surface area contributed by atoms with Crippen LogP contribution >= 0.6 is 0 Å². The van der Waals surface area contributed by atoms with Crippen LogP contribution in [0.1, 0.15) is 61.0 Å². The number of nitrogens with zero attached hydrogens (tertiary/aromatic N) is 8. The highest BCUT2D eigenvalue weighted by molar-refractivity contribution is 5.95. The number of anilines is 1. The highest BCUT2D eigenvalue weighted by Gasteiger charge is 2.56. The normalized spacial score (nSPS) is 17.5. The number of benzene rings is 1. The smallest absolute Gasteiger partial charge is 0.326 e. The summed E-state index contributed by atoms with van der Waals surface area (Å²) in [4.78, 5) is 40.0. The van der Waals surface area contributed by atoms with E-state index in [4.69, 9.17) is 14.7 Å². The van der Waals surface area contributed by atoms with E-state index in [-0.39, 0.29) is 18.3 Å². The molecule has 2 amide bonds. The van der Waals surface area contributed by atoms with Gasteiger partial charge in [-0.25, -0.2) is 29.7 Å². The van der Waals surface area contributed by atoms with E-state index < -0.39 is 11.5 Å². The molecule has 0 unspecified atom stereocenters. The Hall–Kier alpha value is -4.48. The van der Waals surface area contributed by atoms with Crippen molar-refractivity contribution in [1.29, 1.82) is 0 Å². The monoisotopic (exact) mass is 572 g/mol. The summed E-state index contributed by atoms with van der Waals surface area (Å²) < 4.78 is 34.9. The Morgan fingerprint density at radius 3 is 2.43 bits per heavy atom. The van der Waals surface area contributed by atoms with E-state index >= 15 is 0 Å². The zero-order valence-corrected chi connectivity index (χ0v) is 23.8. The van der Waals surface area contributed by atoms with Crippen molar-refractivity contribution in [1.82, 2.24) is 34.4 Å². The van der Waals surface area contributed by atoms with Crippen molar-refractivity contribution < 1.29 is 18.3 Å². The highest BCUT2D eigenvalue weighted by atomic mass is 19.3. The Morgan fingerprint density at radius 1 is 1.07 bits per heavy atom. The summed E-state index contributed by atoms with van der Waals surface area (Å²) in [6, 6.07) is 7.27. The standard InChI is InChI=1S/C30H30F2N8O2/c1-29(31,32)21-15-38(2)25(36-21)19-7-5-17(6-8-19)14-40-26-20(30(11-12-30)39(3)28(40)41)13-33-24(37-26)22-23(18-9-10-18)34-16-35-27(22)42-4/h5-8,13,15-16,18H,9-12,14H2,1-4H3. The molecule has 4 aromatic rings. The van der Waals surface area contributed by atoms with Gasteiger partial charge in [-0.2, -0.15) is 8.78 Å². The van der Waals surface area contributed by atoms with Crippen molar-refractivity contribution in [2.75, 3.05) is 19.1 Å². The summed E-state index contributed by atoms with van der Waals surface area (Å²) in [5.41, 5.74) is 3.31. The van der Waals surface area contributed by atoms with Crippen LogP contribution in [0.5, 0.6) is 5.88 Å². The average molecular weight is 573 g/mol. The first-order valence-electron chi connectivity index (χ1n) is 13.9. The van der Waals surface area contributed by atoms with Crippen molar-refractivity contribution in [3.8, 4) is 28.7 Å². The first-order chi connectivity index (χ1) is 20.1. The fourth-order valence-corrected chi connectivity index (χ4v) is 5.83. The van der Waals surface area contributed by atoms with Crippen LogP contribution in [0.3, 0.4) is 0 Å². The number of carbonyl (C=O) groups excluding carboxylic acids is 1. The average Bonchev–Trinajstić information content (AvgIpc) is 3.92. The van der Waals surface area contributed by atoms with Crippen molar-refractivity contribution in [2.45, 2.75) is 56.5 Å². The van der Waals surface area contributed by atoms with Gasteiger partial charge < -0.3 is 14.2 Å². The number of rotatable bonds is 7. The lowest BCUT2D eigenvalue weighted by Gasteiger charge is -2.40. The van der Waals surface area contributed by atoms with E-state index in [2.05, 4.69) is 15.0 Å². The molecule has 4 heterocycles. The van der Waals surface area contributed by atoms with Crippen LogP contribution in [0.15, 0.2) is 43.0 Å². The van der Waals surface area contributed by atoms with Crippen molar-refractivity contribution in [3.05, 3.63) is 65.5 Å². The Balaban J connectivity index is 1.26. The second-order valence-electron chi connectivity index (χ2n) is 11.5. The van der Waals surface area contributed by atoms with E-state index in [1.54, 1.807) is 28.5 Å². The zero-order valence-electron chi connectivity index (χ0n) is 23.8. The van der Waals surface area contributed by atoms with Gasteiger partial charge in [0.25, 0.3) is 5.92 Å². The largest absolute Gasteiger partial charge is 0.480 e. The molecule has 0 radical (unpaired) electrons. The molecule has 0 saturated heterocycles. The Kier molecular flexibility index (Phi) is 5.83. The second-order valence-corrected chi connectivity index (χ2v) is 11.5. The number of imidazole rings is 1. The number of alkyl halides is 2. The van der Waals surface area contributed by atoms with Crippen LogP contribution in [0, 0.1) is 0 Å². The summed E-state index contributed by atoms with van der Waals surface area (Å²) in [6.07, 6.45) is 8.44. The van der Waals surface area contributed by atoms with Gasteiger partial charge in [0.2, 0.25) is 5.88 Å². The molecule has 10 nitrogen and oxygen atoms in total. The molecule has 2 aliphatic carbocycles. The quantitative estimate of drug-likeness (QED) is 0.293. The van der Waals surface area contributed by atoms with Gasteiger partial charge in [0, 0.05) is 50.5 Å². The third-order valence-corrected chi connectivity index (χ3v) is 8.51. The molecule has 42 heavy (non-hydrogen) atoms. The van der Waals surface area contributed by atoms with Gasteiger partial charge >= 0.3 is 6.03 Å². The SMILES string of the molecule is COc1ncnc(C2CC2)c1-c1ncc2c(n1)N(Cc1ccc(-c3nc(C(C)(F)F)cn3C)cc1)C(=O)N(C)C21CC1. The predicted octanol–water partition coefficient (Wildman–Crippen LogP) is 5.39. The van der Waals surface area contributed by atoms with E-state index in [9.17, 15) is 13.6 Å². The maximum absolute atomic E-state index is 13.8. The minimum Gasteiger partial charge on any atom is -0.480 e. The summed E-state index contributed by atoms with van der Waals surface area (Å²) in [5.74, 6) is -0.870. The number of amides is 2. The molecule has 1 aliphatic heterocycles. The number of aryl methyl sites for hydroxylation is 1. The van der Waals surface area contributed by atoms with Gasteiger partial charge in [-0.1, -0.05) is 24.3 Å². The molecule has 0 atom stereocenters. The molecule has 12 heteroatoms. The molecule has 1 spiro atoms. The van der Waals surface area contributed by atoms with Gasteiger partial charge in [-0.3, -0.25) is 4.90 Å². The lowest BCUT2D eigenvalue weighted by atomic mass is 10.0. The number of hydrogen-bond acceptors (Lipinski definition) is 7. The van der Waals surface area contributed by atoms with Crippen molar-refractivity contribution in [3.63, 3.8) is 0 Å². The Labute approximate surface area is 241 Å². The summed E-state index contributed by atoms with van der Waals surface area (Å²) in [6.45, 7) is 1.10. The van der Waals surface area contributed by atoms with Gasteiger partial charge in [-0.15, -0.1) is 0 Å².